The molecule has 0 N–H and O–H groups in total. The van der Waals surface area contributed by atoms with E-state index in [4.69, 9.17) is 0 Å². The van der Waals surface area contributed by atoms with Crippen molar-refractivity contribution in [1.29, 1.82) is 0 Å². The van der Waals surface area contributed by atoms with Crippen LogP contribution >= 0.6 is 11.3 Å². The molecule has 9 heteroatoms. The first kappa shape index (κ1) is 20.1. The van der Waals surface area contributed by atoms with Crippen LogP contribution in [0, 0.1) is 19.7 Å². The Bertz CT molecular complexity index is 1080. The van der Waals surface area contributed by atoms with Gasteiger partial charge in [-0.05, 0) is 40.1 Å². The van der Waals surface area contributed by atoms with Crippen molar-refractivity contribution in [3.63, 3.8) is 0 Å². The molecule has 0 spiro atoms. The molecule has 0 bridgehead atoms. The van der Waals surface area contributed by atoms with Crippen molar-refractivity contribution >= 4 is 32.6 Å². The number of carbonyl (C=O) groups excluding carboxylic acids is 1. The van der Waals surface area contributed by atoms with Crippen molar-refractivity contribution in [3.8, 4) is 0 Å². The molecular formula is C19H22FN5O2S. The Morgan fingerprint density at radius 1 is 1.25 bits per heavy atom. The SMILES string of the molecule is Cc1ncn(CC(=O)N(CCN(C)C)c2nc3c(F)cccc3s2)c(=O)c1C. The molecule has 0 saturated heterocycles. The fraction of sp³-hybridized carbons (Fsp3) is 0.368. The topological polar surface area (TPSA) is 71.3 Å². The second-order valence-electron chi connectivity index (χ2n) is 6.82. The number of benzene rings is 1. The lowest BCUT2D eigenvalue weighted by Crippen LogP contribution is -2.40. The van der Waals surface area contributed by atoms with Crippen LogP contribution in [-0.2, 0) is 11.3 Å². The van der Waals surface area contributed by atoms with Crippen LogP contribution < -0.4 is 10.5 Å². The largest absolute Gasteiger partial charge is 0.308 e. The number of carbonyl (C=O) groups is 1. The molecule has 0 aliphatic rings. The third kappa shape index (κ3) is 4.10. The zero-order valence-electron chi connectivity index (χ0n) is 16.3. The average molecular weight is 403 g/mol. The van der Waals surface area contributed by atoms with Crippen LogP contribution in [0.25, 0.3) is 10.2 Å². The van der Waals surface area contributed by atoms with Crippen molar-refractivity contribution < 1.29 is 9.18 Å². The smallest absolute Gasteiger partial charge is 0.256 e. The van der Waals surface area contributed by atoms with Gasteiger partial charge in [-0.25, -0.2) is 14.4 Å². The van der Waals surface area contributed by atoms with Crippen LogP contribution in [0.4, 0.5) is 9.52 Å². The molecule has 0 unspecified atom stereocenters. The molecule has 0 saturated carbocycles. The number of likely N-dealkylation sites (N-methyl/N-ethyl adjacent to an activating group) is 1. The lowest BCUT2D eigenvalue weighted by Gasteiger charge is -2.22. The number of hydrogen-bond donors (Lipinski definition) is 0. The molecular weight excluding hydrogens is 381 g/mol. The number of rotatable bonds is 6. The summed E-state index contributed by atoms with van der Waals surface area (Å²) in [6.07, 6.45) is 1.38. The summed E-state index contributed by atoms with van der Waals surface area (Å²) in [5, 5.41) is 0.414. The predicted octanol–water partition coefficient (Wildman–Crippen LogP) is 2.20. The van der Waals surface area contributed by atoms with E-state index in [1.54, 1.807) is 26.0 Å². The quantitative estimate of drug-likeness (QED) is 0.631. The number of anilines is 1. The fourth-order valence-electron chi connectivity index (χ4n) is 2.67. The van der Waals surface area contributed by atoms with Crippen molar-refractivity contribution in [1.82, 2.24) is 19.4 Å². The van der Waals surface area contributed by atoms with Crippen molar-refractivity contribution in [2.24, 2.45) is 0 Å². The number of aromatic nitrogens is 3. The number of thiazole rings is 1. The highest BCUT2D eigenvalue weighted by Crippen LogP contribution is 2.30. The zero-order valence-corrected chi connectivity index (χ0v) is 17.1. The number of amides is 1. The molecule has 0 aliphatic heterocycles. The summed E-state index contributed by atoms with van der Waals surface area (Å²) in [4.78, 5) is 37.4. The van der Waals surface area contributed by atoms with Gasteiger partial charge in [0.05, 0.1) is 11.0 Å². The van der Waals surface area contributed by atoms with Gasteiger partial charge in [-0.2, -0.15) is 0 Å². The van der Waals surface area contributed by atoms with E-state index < -0.39 is 5.82 Å². The Morgan fingerprint density at radius 3 is 2.68 bits per heavy atom. The van der Waals surface area contributed by atoms with E-state index in [1.165, 1.54) is 33.2 Å². The van der Waals surface area contributed by atoms with Gasteiger partial charge >= 0.3 is 0 Å². The Labute approximate surface area is 166 Å². The summed E-state index contributed by atoms with van der Waals surface area (Å²) in [5.41, 5.74) is 1.15. The van der Waals surface area contributed by atoms with E-state index in [0.29, 0.717) is 34.2 Å². The van der Waals surface area contributed by atoms with Crippen LogP contribution in [0.2, 0.25) is 0 Å². The molecule has 0 fully saturated rings. The van der Waals surface area contributed by atoms with Crippen LogP contribution in [0.1, 0.15) is 11.3 Å². The minimum atomic E-state index is -0.422. The van der Waals surface area contributed by atoms with E-state index in [9.17, 15) is 14.0 Å². The third-order valence-electron chi connectivity index (χ3n) is 4.48. The highest BCUT2D eigenvalue weighted by Gasteiger charge is 2.22. The van der Waals surface area contributed by atoms with E-state index in [1.807, 2.05) is 19.0 Å². The standard InChI is InChI=1S/C19H22FN5O2S/c1-12-13(2)21-11-24(18(12)27)10-16(26)25(9-8-23(3)4)19-22-17-14(20)6-5-7-15(17)28-19/h5-7,11H,8-10H2,1-4H3. The second-order valence-corrected chi connectivity index (χ2v) is 7.83. The van der Waals surface area contributed by atoms with Gasteiger partial charge in [0, 0.05) is 24.3 Å². The zero-order chi connectivity index (χ0) is 20.4. The first-order chi connectivity index (χ1) is 13.3. The third-order valence-corrected chi connectivity index (χ3v) is 5.53. The van der Waals surface area contributed by atoms with Crippen molar-refractivity contribution in [2.45, 2.75) is 20.4 Å². The highest BCUT2D eigenvalue weighted by atomic mass is 32.1. The van der Waals surface area contributed by atoms with Gasteiger partial charge in [-0.15, -0.1) is 0 Å². The molecule has 0 atom stereocenters. The average Bonchev–Trinajstić information content (AvgIpc) is 3.07. The number of fused-ring (bicyclic) bond motifs is 1. The first-order valence-corrected chi connectivity index (χ1v) is 9.62. The van der Waals surface area contributed by atoms with E-state index in [-0.39, 0.29) is 23.5 Å². The van der Waals surface area contributed by atoms with Gasteiger partial charge in [0.15, 0.2) is 5.13 Å². The summed E-state index contributed by atoms with van der Waals surface area (Å²) in [6.45, 7) is 4.26. The number of hydrogen-bond acceptors (Lipinski definition) is 6. The molecule has 1 amide bonds. The Morgan fingerprint density at radius 2 is 2.00 bits per heavy atom. The van der Waals surface area contributed by atoms with Crippen LogP contribution in [-0.4, -0.2) is 52.5 Å². The van der Waals surface area contributed by atoms with E-state index in [2.05, 4.69) is 9.97 Å². The second kappa shape index (κ2) is 8.15. The fourth-order valence-corrected chi connectivity index (χ4v) is 3.69. The lowest BCUT2D eigenvalue weighted by atomic mass is 10.3. The van der Waals surface area contributed by atoms with Crippen LogP contribution in [0.15, 0.2) is 29.3 Å². The van der Waals surface area contributed by atoms with Gasteiger partial charge in [-0.3, -0.25) is 19.1 Å². The molecule has 7 nitrogen and oxygen atoms in total. The maximum atomic E-state index is 14.0. The Hall–Kier alpha value is -2.65. The van der Waals surface area contributed by atoms with E-state index >= 15 is 0 Å². The van der Waals surface area contributed by atoms with Gasteiger partial charge < -0.3 is 4.90 Å². The van der Waals surface area contributed by atoms with Gasteiger partial charge in [-0.1, -0.05) is 17.4 Å². The monoisotopic (exact) mass is 403 g/mol. The molecule has 2 aromatic heterocycles. The maximum Gasteiger partial charge on any atom is 0.256 e. The molecule has 28 heavy (non-hydrogen) atoms. The number of para-hydroxylation sites is 1. The van der Waals surface area contributed by atoms with Crippen LogP contribution in [0.5, 0.6) is 0 Å². The summed E-state index contributed by atoms with van der Waals surface area (Å²) in [5.74, 6) is -0.719. The normalized spacial score (nSPS) is 11.4. The predicted molar refractivity (Wildman–Crippen MR) is 108 cm³/mol. The summed E-state index contributed by atoms with van der Waals surface area (Å²) in [7, 11) is 3.80. The molecule has 148 valence electrons. The summed E-state index contributed by atoms with van der Waals surface area (Å²) >= 11 is 1.25. The minimum Gasteiger partial charge on any atom is -0.308 e. The molecule has 2 heterocycles. The molecule has 0 radical (unpaired) electrons. The van der Waals surface area contributed by atoms with Crippen LogP contribution in [0.3, 0.4) is 0 Å². The number of halogens is 1. The number of aryl methyl sites for hydroxylation is 1. The molecule has 1 aromatic carbocycles. The van der Waals surface area contributed by atoms with Crippen molar-refractivity contribution in [2.75, 3.05) is 32.1 Å². The summed E-state index contributed by atoms with van der Waals surface area (Å²) in [6, 6.07) is 4.73. The first-order valence-electron chi connectivity index (χ1n) is 8.80. The van der Waals surface area contributed by atoms with Gasteiger partial charge in [0.1, 0.15) is 17.9 Å². The maximum absolute atomic E-state index is 14.0. The minimum absolute atomic E-state index is 0.154. The van der Waals surface area contributed by atoms with Crippen molar-refractivity contribution in [3.05, 3.63) is 52.0 Å². The lowest BCUT2D eigenvalue weighted by molar-refractivity contribution is -0.119. The Kier molecular flexibility index (Phi) is 5.85. The molecule has 0 aliphatic carbocycles. The highest BCUT2D eigenvalue weighted by molar-refractivity contribution is 7.22. The van der Waals surface area contributed by atoms with Gasteiger partial charge in [0.25, 0.3) is 5.56 Å². The molecule has 3 aromatic rings. The number of nitrogens with zero attached hydrogens (tertiary/aromatic N) is 5. The van der Waals surface area contributed by atoms with E-state index in [0.717, 1.165) is 0 Å². The Balaban J connectivity index is 1.94. The summed E-state index contributed by atoms with van der Waals surface area (Å²) < 4.78 is 16.0. The molecule has 3 rings (SSSR count). The van der Waals surface area contributed by atoms with Gasteiger partial charge in [0.2, 0.25) is 5.91 Å².